The Labute approximate surface area is 183 Å². The Morgan fingerprint density at radius 1 is 1.03 bits per heavy atom. The zero-order chi connectivity index (χ0) is 22.3. The number of Topliss-reactive ketones (excluding diaryl/α,β-unsaturated/α-hetero) is 1. The van der Waals surface area contributed by atoms with Crippen LogP contribution in [0.15, 0.2) is 66.9 Å². The molecule has 0 bridgehead atoms. The van der Waals surface area contributed by atoms with Gasteiger partial charge in [-0.05, 0) is 54.7 Å². The van der Waals surface area contributed by atoms with E-state index in [-0.39, 0.29) is 18.1 Å². The van der Waals surface area contributed by atoms with Crippen molar-refractivity contribution in [1.82, 2.24) is 15.6 Å². The molecule has 5 rings (SSSR count). The molecule has 1 saturated heterocycles. The summed E-state index contributed by atoms with van der Waals surface area (Å²) < 4.78 is 13.6. The van der Waals surface area contributed by atoms with E-state index in [1.807, 2.05) is 30.3 Å². The number of pyridine rings is 1. The smallest absolute Gasteiger partial charge is 0.319 e. The first-order valence-corrected chi connectivity index (χ1v) is 10.4. The fraction of sp³-hybridized carbons (Fsp3) is 0.200. The van der Waals surface area contributed by atoms with E-state index >= 15 is 0 Å². The van der Waals surface area contributed by atoms with E-state index in [1.165, 1.54) is 12.1 Å². The van der Waals surface area contributed by atoms with Gasteiger partial charge < -0.3 is 5.32 Å². The number of imide groups is 1. The Morgan fingerprint density at radius 2 is 1.84 bits per heavy atom. The molecule has 6 nitrogen and oxygen atoms in total. The number of hydrogen-bond acceptors (Lipinski definition) is 4. The standard InChI is InChI=1S/C25H20FN3O3/c26-19-9-6-16-13-17(22(30)20(16)14-19)10-11-25(23(31)28-24(32)29-25)18-7-4-15(5-8-18)21-3-1-2-12-27-21/h1-9,12,14,17H,10-11,13H2,(H2,28,29,31,32)/t17?,25-/m0/s1. The van der Waals surface area contributed by atoms with Gasteiger partial charge in [0.1, 0.15) is 11.4 Å². The van der Waals surface area contributed by atoms with Crippen molar-refractivity contribution in [2.75, 3.05) is 0 Å². The van der Waals surface area contributed by atoms with Gasteiger partial charge in [-0.15, -0.1) is 0 Å². The minimum Gasteiger partial charge on any atom is -0.319 e. The molecule has 2 aromatic carbocycles. The van der Waals surface area contributed by atoms with Gasteiger partial charge in [-0.1, -0.05) is 36.4 Å². The lowest BCUT2D eigenvalue weighted by Crippen LogP contribution is -2.44. The van der Waals surface area contributed by atoms with Crippen LogP contribution in [0.25, 0.3) is 11.3 Å². The van der Waals surface area contributed by atoms with Gasteiger partial charge in [-0.25, -0.2) is 9.18 Å². The van der Waals surface area contributed by atoms with Crippen molar-refractivity contribution in [2.24, 2.45) is 5.92 Å². The molecule has 1 aliphatic heterocycles. The molecule has 2 atom stereocenters. The maximum Gasteiger partial charge on any atom is 0.322 e. The fourth-order valence-electron chi connectivity index (χ4n) is 4.63. The molecule has 7 heteroatoms. The van der Waals surface area contributed by atoms with Crippen LogP contribution in [0.5, 0.6) is 0 Å². The van der Waals surface area contributed by atoms with Crippen molar-refractivity contribution >= 4 is 17.7 Å². The van der Waals surface area contributed by atoms with Gasteiger partial charge in [0, 0.05) is 23.2 Å². The van der Waals surface area contributed by atoms with Crippen LogP contribution in [-0.4, -0.2) is 22.7 Å². The molecule has 1 fully saturated rings. The van der Waals surface area contributed by atoms with Crippen molar-refractivity contribution in [3.63, 3.8) is 0 Å². The Morgan fingerprint density at radius 3 is 2.53 bits per heavy atom. The van der Waals surface area contributed by atoms with Crippen LogP contribution in [0, 0.1) is 11.7 Å². The SMILES string of the molecule is O=C1NC(=O)[C@](CCC2Cc3ccc(F)cc3C2=O)(c2ccc(-c3ccccn3)cc2)N1. The van der Waals surface area contributed by atoms with Crippen LogP contribution in [-0.2, 0) is 16.8 Å². The lowest BCUT2D eigenvalue weighted by atomic mass is 9.82. The Bertz CT molecular complexity index is 1230. The number of benzene rings is 2. The highest BCUT2D eigenvalue weighted by Crippen LogP contribution is 2.36. The van der Waals surface area contributed by atoms with Gasteiger partial charge in [0.25, 0.3) is 5.91 Å². The van der Waals surface area contributed by atoms with Gasteiger partial charge in [-0.2, -0.15) is 0 Å². The molecule has 160 valence electrons. The molecule has 0 radical (unpaired) electrons. The van der Waals surface area contributed by atoms with E-state index in [2.05, 4.69) is 15.6 Å². The minimum atomic E-state index is -1.26. The summed E-state index contributed by atoms with van der Waals surface area (Å²) >= 11 is 0. The van der Waals surface area contributed by atoms with Crippen LogP contribution >= 0.6 is 0 Å². The predicted octanol–water partition coefficient (Wildman–Crippen LogP) is 3.76. The third kappa shape index (κ3) is 3.36. The molecular formula is C25H20FN3O3. The average molecular weight is 429 g/mol. The van der Waals surface area contributed by atoms with Crippen molar-refractivity contribution in [1.29, 1.82) is 0 Å². The lowest BCUT2D eigenvalue weighted by molar-refractivity contribution is -0.124. The van der Waals surface area contributed by atoms with Crippen molar-refractivity contribution < 1.29 is 18.8 Å². The molecule has 2 aliphatic rings. The second-order valence-electron chi connectivity index (χ2n) is 8.21. The maximum absolute atomic E-state index is 13.6. The zero-order valence-corrected chi connectivity index (χ0v) is 17.1. The van der Waals surface area contributed by atoms with Crippen LogP contribution in [0.4, 0.5) is 9.18 Å². The molecule has 2 heterocycles. The quantitative estimate of drug-likeness (QED) is 0.605. The lowest BCUT2D eigenvalue weighted by Gasteiger charge is -2.28. The van der Waals surface area contributed by atoms with Gasteiger partial charge in [0.15, 0.2) is 5.78 Å². The highest BCUT2D eigenvalue weighted by atomic mass is 19.1. The van der Waals surface area contributed by atoms with Crippen LogP contribution in [0.2, 0.25) is 0 Å². The number of nitrogens with one attached hydrogen (secondary N) is 2. The molecule has 1 aliphatic carbocycles. The summed E-state index contributed by atoms with van der Waals surface area (Å²) in [5, 5.41) is 5.10. The van der Waals surface area contributed by atoms with Gasteiger partial charge in [-0.3, -0.25) is 19.9 Å². The number of aromatic nitrogens is 1. The summed E-state index contributed by atoms with van der Waals surface area (Å²) in [4.78, 5) is 42.0. The molecule has 1 unspecified atom stereocenters. The van der Waals surface area contributed by atoms with Crippen molar-refractivity contribution in [3.05, 3.63) is 89.4 Å². The largest absolute Gasteiger partial charge is 0.322 e. The highest BCUT2D eigenvalue weighted by Gasteiger charge is 2.48. The summed E-state index contributed by atoms with van der Waals surface area (Å²) in [6.07, 6.45) is 2.84. The summed E-state index contributed by atoms with van der Waals surface area (Å²) in [6, 6.07) is 16.6. The summed E-state index contributed by atoms with van der Waals surface area (Å²) in [5.41, 5.74) is 2.28. The molecule has 3 amide bonds. The number of rotatable bonds is 5. The number of hydrogen-bond donors (Lipinski definition) is 2. The molecule has 0 spiro atoms. The molecular weight excluding hydrogens is 409 g/mol. The number of ketones is 1. The van der Waals surface area contributed by atoms with Gasteiger partial charge >= 0.3 is 6.03 Å². The average Bonchev–Trinajstić information content (AvgIpc) is 3.28. The van der Waals surface area contributed by atoms with E-state index in [0.29, 0.717) is 24.0 Å². The van der Waals surface area contributed by atoms with Crippen molar-refractivity contribution in [2.45, 2.75) is 24.8 Å². The first-order valence-electron chi connectivity index (χ1n) is 10.4. The second kappa shape index (κ2) is 7.67. The van der Waals surface area contributed by atoms with Crippen molar-refractivity contribution in [3.8, 4) is 11.3 Å². The molecule has 2 N–H and O–H groups in total. The third-order valence-corrected chi connectivity index (χ3v) is 6.32. The number of amides is 3. The van der Waals surface area contributed by atoms with E-state index in [0.717, 1.165) is 16.8 Å². The van der Waals surface area contributed by atoms with E-state index in [1.54, 1.807) is 24.4 Å². The minimum absolute atomic E-state index is 0.120. The fourth-order valence-corrected chi connectivity index (χ4v) is 4.63. The third-order valence-electron chi connectivity index (χ3n) is 6.32. The summed E-state index contributed by atoms with van der Waals surface area (Å²) in [5.74, 6) is -1.36. The number of fused-ring (bicyclic) bond motifs is 1. The van der Waals surface area contributed by atoms with Crippen LogP contribution < -0.4 is 10.6 Å². The van der Waals surface area contributed by atoms with Crippen LogP contribution in [0.3, 0.4) is 0 Å². The topological polar surface area (TPSA) is 88.2 Å². The number of urea groups is 1. The van der Waals surface area contributed by atoms with Gasteiger partial charge in [0.05, 0.1) is 5.69 Å². The molecule has 0 saturated carbocycles. The Hall–Kier alpha value is -3.87. The van der Waals surface area contributed by atoms with E-state index in [4.69, 9.17) is 0 Å². The molecule has 1 aromatic heterocycles. The van der Waals surface area contributed by atoms with Crippen LogP contribution in [0.1, 0.15) is 34.3 Å². The number of halogens is 1. The monoisotopic (exact) mass is 429 g/mol. The van der Waals surface area contributed by atoms with E-state index < -0.39 is 23.3 Å². The maximum atomic E-state index is 13.6. The second-order valence-corrected chi connectivity index (χ2v) is 8.21. The Balaban J connectivity index is 1.41. The highest BCUT2D eigenvalue weighted by molar-refractivity contribution is 6.07. The predicted molar refractivity (Wildman–Crippen MR) is 115 cm³/mol. The molecule has 32 heavy (non-hydrogen) atoms. The Kier molecular flexibility index (Phi) is 4.81. The zero-order valence-electron chi connectivity index (χ0n) is 17.1. The number of carbonyl (C=O) groups excluding carboxylic acids is 3. The summed E-state index contributed by atoms with van der Waals surface area (Å²) in [6.45, 7) is 0. The summed E-state index contributed by atoms with van der Waals surface area (Å²) in [7, 11) is 0. The first-order chi connectivity index (χ1) is 15.5. The normalized spacial score (nSPS) is 21.9. The molecule has 3 aromatic rings. The van der Waals surface area contributed by atoms with E-state index in [9.17, 15) is 18.8 Å². The number of carbonyl (C=O) groups is 3. The van der Waals surface area contributed by atoms with Gasteiger partial charge in [0.2, 0.25) is 0 Å². The first kappa shape index (κ1) is 20.1. The number of nitrogens with zero attached hydrogens (tertiary/aromatic N) is 1.